The molecular weight excluding hydrogens is 300 g/mol. The molecule has 3 rings (SSSR count). The molecule has 0 aromatic carbocycles. The fourth-order valence-corrected chi connectivity index (χ4v) is 1.95. The molecule has 0 bridgehead atoms. The lowest BCUT2D eigenvalue weighted by Gasteiger charge is -2.24. The van der Waals surface area contributed by atoms with Gasteiger partial charge in [0, 0.05) is 23.8 Å². The summed E-state index contributed by atoms with van der Waals surface area (Å²) < 4.78 is 10.5. The molecule has 1 aliphatic rings. The van der Waals surface area contributed by atoms with E-state index in [-0.39, 0.29) is 0 Å². The standard InChI is InChI=1S/2C7H9N.C6H12O2/c1-6-3-4-8-7(2)5-6;1-6-4-3-5-8-7(6)2;1-5-3-8-6(2)4-7-5/h2*3-5H,1-2H3;5-6H,3-4H2,1-2H3/t;;5-,6?/m..0/s1. The van der Waals surface area contributed by atoms with E-state index in [0.717, 1.165) is 24.6 Å². The minimum atomic E-state index is 0.297. The van der Waals surface area contributed by atoms with Gasteiger partial charge in [-0.15, -0.1) is 0 Å². The van der Waals surface area contributed by atoms with E-state index in [4.69, 9.17) is 9.47 Å². The lowest BCUT2D eigenvalue weighted by atomic mass is 10.2. The average Bonchev–Trinajstić information content (AvgIpc) is 2.54. The molecular formula is C20H30N2O2. The summed E-state index contributed by atoms with van der Waals surface area (Å²) in [6.07, 6.45) is 4.23. The summed E-state index contributed by atoms with van der Waals surface area (Å²) in [5.74, 6) is 0. The number of pyridine rings is 2. The highest BCUT2D eigenvalue weighted by atomic mass is 16.6. The molecule has 1 aliphatic heterocycles. The normalized spacial score (nSPS) is 19.4. The Labute approximate surface area is 146 Å². The highest BCUT2D eigenvalue weighted by Gasteiger charge is 2.13. The quantitative estimate of drug-likeness (QED) is 0.726. The van der Waals surface area contributed by atoms with Crippen LogP contribution >= 0.6 is 0 Å². The first-order valence-electron chi connectivity index (χ1n) is 8.39. The predicted molar refractivity (Wildman–Crippen MR) is 98.3 cm³/mol. The van der Waals surface area contributed by atoms with Gasteiger partial charge in [0.1, 0.15) is 0 Å². The van der Waals surface area contributed by atoms with Gasteiger partial charge < -0.3 is 9.47 Å². The van der Waals surface area contributed by atoms with Crippen molar-refractivity contribution in [3.8, 4) is 0 Å². The number of hydrogen-bond acceptors (Lipinski definition) is 4. The SMILES string of the molecule is CC1CO[C@@H](C)CO1.Cc1cccnc1C.Cc1ccnc(C)c1. The average molecular weight is 330 g/mol. The Balaban J connectivity index is 0.000000180. The molecule has 0 N–H and O–H groups in total. The predicted octanol–water partition coefficient (Wildman–Crippen LogP) is 4.21. The number of ether oxygens (including phenoxy) is 2. The van der Waals surface area contributed by atoms with Crippen molar-refractivity contribution in [2.24, 2.45) is 0 Å². The Morgan fingerprint density at radius 2 is 1.50 bits per heavy atom. The highest BCUT2D eigenvalue weighted by molar-refractivity contribution is 5.15. The summed E-state index contributed by atoms with van der Waals surface area (Å²) >= 11 is 0. The molecule has 132 valence electrons. The third kappa shape index (κ3) is 8.75. The molecule has 1 saturated heterocycles. The molecule has 3 heterocycles. The zero-order chi connectivity index (χ0) is 17.9. The number of aryl methyl sites for hydroxylation is 4. The molecule has 24 heavy (non-hydrogen) atoms. The van der Waals surface area contributed by atoms with Crippen molar-refractivity contribution >= 4 is 0 Å². The van der Waals surface area contributed by atoms with Gasteiger partial charge in [0.2, 0.25) is 0 Å². The van der Waals surface area contributed by atoms with E-state index >= 15 is 0 Å². The molecule has 4 heteroatoms. The Bertz CT molecular complexity index is 545. The van der Waals surface area contributed by atoms with Gasteiger partial charge in [0.05, 0.1) is 25.4 Å². The topological polar surface area (TPSA) is 44.2 Å². The third-order valence-corrected chi connectivity index (χ3v) is 3.55. The molecule has 0 amide bonds. The molecule has 0 radical (unpaired) electrons. The first kappa shape index (κ1) is 20.3. The molecule has 2 aromatic heterocycles. The van der Waals surface area contributed by atoms with E-state index in [1.54, 1.807) is 0 Å². The van der Waals surface area contributed by atoms with Gasteiger partial charge in [0.25, 0.3) is 0 Å². The van der Waals surface area contributed by atoms with Crippen LogP contribution in [0.3, 0.4) is 0 Å². The zero-order valence-electron chi connectivity index (χ0n) is 15.7. The number of nitrogens with zero attached hydrogens (tertiary/aromatic N) is 2. The van der Waals surface area contributed by atoms with Crippen LogP contribution in [0.2, 0.25) is 0 Å². The second-order valence-electron chi connectivity index (χ2n) is 6.17. The summed E-state index contributed by atoms with van der Waals surface area (Å²) in [7, 11) is 0. The van der Waals surface area contributed by atoms with Crippen LogP contribution in [0.4, 0.5) is 0 Å². The van der Waals surface area contributed by atoms with Crippen LogP contribution < -0.4 is 0 Å². The van der Waals surface area contributed by atoms with E-state index < -0.39 is 0 Å². The smallest absolute Gasteiger partial charge is 0.0781 e. The first-order chi connectivity index (χ1) is 11.4. The van der Waals surface area contributed by atoms with Gasteiger partial charge in [-0.25, -0.2) is 0 Å². The maximum atomic E-state index is 5.27. The summed E-state index contributed by atoms with van der Waals surface area (Å²) in [4.78, 5) is 8.12. The zero-order valence-corrected chi connectivity index (χ0v) is 15.7. The van der Waals surface area contributed by atoms with Crippen molar-refractivity contribution in [3.05, 3.63) is 59.2 Å². The maximum Gasteiger partial charge on any atom is 0.0781 e. The van der Waals surface area contributed by atoms with E-state index in [1.165, 1.54) is 11.1 Å². The van der Waals surface area contributed by atoms with Gasteiger partial charge in [-0.3, -0.25) is 9.97 Å². The summed E-state index contributed by atoms with van der Waals surface area (Å²) in [6.45, 7) is 13.7. The molecule has 1 fully saturated rings. The summed E-state index contributed by atoms with van der Waals surface area (Å²) in [5.41, 5.74) is 4.74. The Morgan fingerprint density at radius 3 is 1.83 bits per heavy atom. The molecule has 0 spiro atoms. The maximum absolute atomic E-state index is 5.27. The number of hydrogen-bond donors (Lipinski definition) is 0. The van der Waals surface area contributed by atoms with Crippen LogP contribution in [0, 0.1) is 27.7 Å². The Morgan fingerprint density at radius 1 is 0.875 bits per heavy atom. The van der Waals surface area contributed by atoms with E-state index in [1.807, 2.05) is 52.2 Å². The van der Waals surface area contributed by atoms with Crippen molar-refractivity contribution in [1.29, 1.82) is 0 Å². The minimum Gasteiger partial charge on any atom is -0.373 e. The lowest BCUT2D eigenvalue weighted by Crippen LogP contribution is -2.31. The molecule has 0 saturated carbocycles. The number of aromatic nitrogens is 2. The Hall–Kier alpha value is -1.78. The van der Waals surface area contributed by atoms with Crippen molar-refractivity contribution in [1.82, 2.24) is 9.97 Å². The van der Waals surface area contributed by atoms with Gasteiger partial charge in [0.15, 0.2) is 0 Å². The molecule has 1 unspecified atom stereocenters. The van der Waals surface area contributed by atoms with Crippen LogP contribution in [-0.4, -0.2) is 35.4 Å². The van der Waals surface area contributed by atoms with Gasteiger partial charge in [-0.2, -0.15) is 0 Å². The van der Waals surface area contributed by atoms with Gasteiger partial charge in [-0.1, -0.05) is 6.07 Å². The minimum absolute atomic E-state index is 0.297. The van der Waals surface area contributed by atoms with Crippen molar-refractivity contribution in [2.75, 3.05) is 13.2 Å². The van der Waals surface area contributed by atoms with Crippen molar-refractivity contribution in [2.45, 2.75) is 53.8 Å². The van der Waals surface area contributed by atoms with Crippen LogP contribution in [-0.2, 0) is 9.47 Å². The molecule has 4 nitrogen and oxygen atoms in total. The fourth-order valence-electron chi connectivity index (χ4n) is 1.95. The molecule has 0 aliphatic carbocycles. The third-order valence-electron chi connectivity index (χ3n) is 3.55. The van der Waals surface area contributed by atoms with E-state index in [2.05, 4.69) is 35.9 Å². The summed E-state index contributed by atoms with van der Waals surface area (Å²) in [6, 6.07) is 8.05. The first-order valence-corrected chi connectivity index (χ1v) is 8.39. The monoisotopic (exact) mass is 330 g/mol. The second kappa shape index (κ2) is 10.9. The largest absolute Gasteiger partial charge is 0.373 e. The lowest BCUT2D eigenvalue weighted by molar-refractivity contribution is -0.119. The van der Waals surface area contributed by atoms with E-state index in [0.29, 0.717) is 12.2 Å². The van der Waals surface area contributed by atoms with Crippen LogP contribution in [0.1, 0.15) is 36.4 Å². The van der Waals surface area contributed by atoms with Gasteiger partial charge >= 0.3 is 0 Å². The van der Waals surface area contributed by atoms with Gasteiger partial charge in [-0.05, 0) is 70.9 Å². The second-order valence-corrected chi connectivity index (χ2v) is 6.17. The fraction of sp³-hybridized carbons (Fsp3) is 0.500. The highest BCUT2D eigenvalue weighted by Crippen LogP contribution is 2.04. The van der Waals surface area contributed by atoms with E-state index in [9.17, 15) is 0 Å². The van der Waals surface area contributed by atoms with Crippen LogP contribution in [0.25, 0.3) is 0 Å². The van der Waals surface area contributed by atoms with Crippen molar-refractivity contribution in [3.63, 3.8) is 0 Å². The molecule has 2 atom stereocenters. The van der Waals surface area contributed by atoms with Crippen LogP contribution in [0.5, 0.6) is 0 Å². The number of rotatable bonds is 0. The summed E-state index contributed by atoms with van der Waals surface area (Å²) in [5, 5.41) is 0. The molecule has 2 aromatic rings. The Kier molecular flexibility index (Phi) is 9.20. The van der Waals surface area contributed by atoms with Crippen molar-refractivity contribution < 1.29 is 9.47 Å². The van der Waals surface area contributed by atoms with Crippen LogP contribution in [0.15, 0.2) is 36.7 Å².